The van der Waals surface area contributed by atoms with Crippen molar-refractivity contribution < 1.29 is 14.7 Å². The molecule has 0 saturated carbocycles. The molecule has 0 fully saturated rings. The first-order valence-corrected chi connectivity index (χ1v) is 13.2. The number of hydrogen-bond donors (Lipinski definition) is 4. The molecule has 0 aromatic heterocycles. The van der Waals surface area contributed by atoms with E-state index in [0.29, 0.717) is 12.1 Å². The summed E-state index contributed by atoms with van der Waals surface area (Å²) >= 11 is 7.63. The molecule has 0 unspecified atom stereocenters. The topological polar surface area (TPSA) is 107 Å². The molecular weight excluding hydrogens is 440 g/mol. The largest absolute Gasteiger partial charge is 0.852 e. The first kappa shape index (κ1) is 38.6. The number of aliphatic hydroxyl groups is 1. The van der Waals surface area contributed by atoms with Gasteiger partial charge in [0.2, 0.25) is 0 Å². The van der Waals surface area contributed by atoms with Gasteiger partial charge in [-0.1, -0.05) is 93.3 Å². The molecule has 6 N–H and O–H groups in total. The van der Waals surface area contributed by atoms with Gasteiger partial charge in [0, 0.05) is 17.3 Å². The van der Waals surface area contributed by atoms with Gasteiger partial charge in [-0.25, -0.2) is 0 Å². The minimum atomic E-state index is -0.750. The molecule has 0 bridgehead atoms. The summed E-state index contributed by atoms with van der Waals surface area (Å²) in [4.78, 5) is 0. The Balaban J connectivity index is -0.000000213. The van der Waals surface area contributed by atoms with E-state index in [1.165, 1.54) is 82.0 Å². The number of aliphatic hydroxyl groups excluding tert-OH is 1. The molecule has 0 spiro atoms. The van der Waals surface area contributed by atoms with Crippen LogP contribution in [-0.4, -0.2) is 58.2 Å². The van der Waals surface area contributed by atoms with Gasteiger partial charge in [0.15, 0.2) is 0 Å². The standard InChI is InChI=1S/C16H36N.C6H15N.2CH3NOS/c1-5-9-13-17(14-10-6-2,15-11-7-3)16-12-8-4;1-5(2)7-6(3)4;2*2-1(3)4/h5-16H2,1-4H3;5-7H,1-4H3;2*(H3,2,3,4)/q+1;;;/p-1. The quantitative estimate of drug-likeness (QED) is 0.202. The van der Waals surface area contributed by atoms with Gasteiger partial charge in [-0.3, -0.25) is 0 Å². The molecule has 8 heteroatoms. The normalized spacial score (nSPS) is 10.3. The van der Waals surface area contributed by atoms with E-state index in [2.05, 4.69) is 96.6 Å². The van der Waals surface area contributed by atoms with Crippen LogP contribution in [0.1, 0.15) is 107 Å². The van der Waals surface area contributed by atoms with Gasteiger partial charge in [0.1, 0.15) is 0 Å². The molecule has 0 aliphatic carbocycles. The van der Waals surface area contributed by atoms with Crippen LogP contribution in [0.25, 0.3) is 0 Å². The first-order valence-electron chi connectivity index (χ1n) is 12.4. The molecule has 196 valence electrons. The molecule has 0 amide bonds. The predicted molar refractivity (Wildman–Crippen MR) is 149 cm³/mol. The van der Waals surface area contributed by atoms with Crippen LogP contribution < -0.4 is 21.9 Å². The molecule has 0 aliphatic heterocycles. The van der Waals surface area contributed by atoms with Crippen molar-refractivity contribution in [2.75, 3.05) is 26.2 Å². The zero-order valence-corrected chi connectivity index (χ0v) is 24.0. The second kappa shape index (κ2) is 28.3. The lowest BCUT2D eigenvalue weighted by Gasteiger charge is -2.39. The third-order valence-corrected chi connectivity index (χ3v) is 4.61. The zero-order chi connectivity index (χ0) is 26.0. The lowest BCUT2D eigenvalue weighted by atomic mass is 10.1. The van der Waals surface area contributed by atoms with Crippen LogP contribution in [0, 0.1) is 0 Å². The van der Waals surface area contributed by atoms with Crippen LogP contribution in [0.4, 0.5) is 0 Å². The van der Waals surface area contributed by atoms with Crippen molar-refractivity contribution in [3.8, 4) is 0 Å². The number of nitrogens with two attached hydrogens (primary N) is 2. The van der Waals surface area contributed by atoms with Crippen molar-refractivity contribution in [2.24, 2.45) is 11.5 Å². The molecule has 0 heterocycles. The van der Waals surface area contributed by atoms with Gasteiger partial charge in [0.25, 0.3) is 5.17 Å². The number of rotatable bonds is 14. The molecule has 32 heavy (non-hydrogen) atoms. The monoisotopic (exact) mass is 496 g/mol. The maximum Gasteiger partial charge on any atom is 0.251 e. The summed E-state index contributed by atoms with van der Waals surface area (Å²) < 4.78 is 1.42. The Bertz CT molecular complexity index is 346. The molecule has 0 aromatic carbocycles. The molecule has 6 nitrogen and oxygen atoms in total. The van der Waals surface area contributed by atoms with Gasteiger partial charge in [-0.15, -0.1) is 0 Å². The third kappa shape index (κ3) is 43.2. The van der Waals surface area contributed by atoms with E-state index in [-0.39, 0.29) is 0 Å². The molecular formula is C24H56N4O2S2. The highest BCUT2D eigenvalue weighted by Gasteiger charge is 2.24. The fourth-order valence-electron chi connectivity index (χ4n) is 3.31. The van der Waals surface area contributed by atoms with Crippen molar-refractivity contribution >= 4 is 34.8 Å². The number of quaternary nitrogens is 1. The van der Waals surface area contributed by atoms with Gasteiger partial charge in [-0.05, 0) is 37.9 Å². The van der Waals surface area contributed by atoms with Crippen LogP contribution in [0.2, 0.25) is 0 Å². The number of hydrogen-bond acceptors (Lipinski definition) is 4. The number of unbranched alkanes of at least 4 members (excludes halogenated alkanes) is 4. The van der Waals surface area contributed by atoms with Crippen molar-refractivity contribution in [3.05, 3.63) is 0 Å². The molecule has 0 radical (unpaired) electrons. The molecule has 0 aliphatic rings. The van der Waals surface area contributed by atoms with Gasteiger partial charge in [-0.2, -0.15) is 0 Å². The van der Waals surface area contributed by atoms with E-state index in [1.54, 1.807) is 0 Å². The second-order valence-electron chi connectivity index (χ2n) is 8.78. The summed E-state index contributed by atoms with van der Waals surface area (Å²) in [6.07, 6.45) is 11.1. The minimum absolute atomic E-state index is 0.500. The van der Waals surface area contributed by atoms with E-state index in [1.807, 2.05) is 0 Å². The van der Waals surface area contributed by atoms with Crippen LogP contribution in [0.15, 0.2) is 0 Å². The maximum absolute atomic E-state index is 9.04. The smallest absolute Gasteiger partial charge is 0.251 e. The van der Waals surface area contributed by atoms with Crippen molar-refractivity contribution in [1.82, 2.24) is 5.32 Å². The highest BCUT2D eigenvalue weighted by molar-refractivity contribution is 7.80. The molecule has 0 saturated heterocycles. The molecule has 0 rings (SSSR count). The summed E-state index contributed by atoms with van der Waals surface area (Å²) in [6.45, 7) is 23.6. The van der Waals surface area contributed by atoms with Gasteiger partial charge >= 0.3 is 0 Å². The summed E-state index contributed by atoms with van der Waals surface area (Å²) in [5.41, 5.74) is 8.69. The molecule has 0 aromatic rings. The lowest BCUT2D eigenvalue weighted by Crippen LogP contribution is -2.50. The Morgan fingerprint density at radius 1 is 0.750 bits per heavy atom. The predicted octanol–water partition coefficient (Wildman–Crippen LogP) is 4.77. The Hall–Kier alpha value is -0.700. The third-order valence-electron chi connectivity index (χ3n) is 4.61. The molecule has 0 atom stereocenters. The Morgan fingerprint density at radius 2 is 0.938 bits per heavy atom. The Kier molecular flexibility index (Phi) is 34.1. The Labute approximate surface area is 211 Å². The van der Waals surface area contributed by atoms with Crippen LogP contribution >= 0.6 is 24.4 Å². The van der Waals surface area contributed by atoms with Crippen LogP contribution in [0.5, 0.6) is 0 Å². The summed E-state index contributed by atoms with van der Waals surface area (Å²) in [7, 11) is 0. The van der Waals surface area contributed by atoms with Crippen molar-refractivity contribution in [2.45, 2.75) is 119 Å². The second-order valence-corrected chi connectivity index (χ2v) is 9.60. The fraction of sp³-hybridized carbons (Fsp3) is 0.917. The van der Waals surface area contributed by atoms with E-state index in [0.717, 1.165) is 0 Å². The van der Waals surface area contributed by atoms with E-state index in [9.17, 15) is 0 Å². The van der Waals surface area contributed by atoms with Crippen LogP contribution in [-0.2, 0) is 0 Å². The van der Waals surface area contributed by atoms with Gasteiger partial charge in [0.05, 0.1) is 26.2 Å². The van der Waals surface area contributed by atoms with Crippen LogP contribution in [0.3, 0.4) is 0 Å². The highest BCUT2D eigenvalue weighted by atomic mass is 32.1. The fourth-order valence-corrected chi connectivity index (χ4v) is 3.31. The van der Waals surface area contributed by atoms with E-state index < -0.39 is 10.3 Å². The van der Waals surface area contributed by atoms with Gasteiger partial charge < -0.3 is 31.5 Å². The average Bonchev–Trinajstić information content (AvgIpc) is 2.65. The first-order chi connectivity index (χ1) is 14.8. The number of nitrogens with zero attached hydrogens (tertiary/aromatic N) is 1. The Morgan fingerprint density at radius 3 is 1.03 bits per heavy atom. The average molecular weight is 497 g/mol. The highest BCUT2D eigenvalue weighted by Crippen LogP contribution is 2.16. The maximum atomic E-state index is 9.04. The lowest BCUT2D eigenvalue weighted by molar-refractivity contribution is -0.929. The summed E-state index contributed by atoms with van der Waals surface area (Å²) in [6, 6.07) is 1.25. The minimum Gasteiger partial charge on any atom is -0.852 e. The summed E-state index contributed by atoms with van der Waals surface area (Å²) in [5.74, 6) is 0. The van der Waals surface area contributed by atoms with E-state index >= 15 is 0 Å². The zero-order valence-electron chi connectivity index (χ0n) is 22.4. The number of nitrogens with one attached hydrogen (secondary N) is 1. The van der Waals surface area contributed by atoms with Crippen molar-refractivity contribution in [1.29, 1.82) is 0 Å². The number of thiocarbonyl (C=S) groups is 2. The SMILES string of the molecule is CC(C)NC(C)C.CCCC[N+](CCCC)(CCCC)CCCC.NC(O)=S.NC([O-])=S. The van der Waals surface area contributed by atoms with Crippen molar-refractivity contribution in [3.63, 3.8) is 0 Å². The summed E-state index contributed by atoms with van der Waals surface area (Å²) in [5, 5.41) is 18.7. The van der Waals surface area contributed by atoms with E-state index in [4.69, 9.17) is 10.2 Å².